The van der Waals surface area contributed by atoms with E-state index in [9.17, 15) is 4.39 Å². The molecule has 2 rings (SSSR count). The summed E-state index contributed by atoms with van der Waals surface area (Å²) in [7, 11) is 0. The molecule has 1 heterocycles. The van der Waals surface area contributed by atoms with Gasteiger partial charge < -0.3 is 5.32 Å². The first kappa shape index (κ1) is 12.0. The van der Waals surface area contributed by atoms with Gasteiger partial charge in [-0.2, -0.15) is 0 Å². The Labute approximate surface area is 107 Å². The van der Waals surface area contributed by atoms with Crippen LogP contribution in [0, 0.1) is 5.82 Å². The van der Waals surface area contributed by atoms with Crippen LogP contribution in [0.4, 0.5) is 10.1 Å². The van der Waals surface area contributed by atoms with Crippen LogP contribution in [0.5, 0.6) is 0 Å². The summed E-state index contributed by atoms with van der Waals surface area (Å²) in [6.07, 6.45) is 4.89. The van der Waals surface area contributed by atoms with E-state index in [1.807, 2.05) is 6.92 Å². The van der Waals surface area contributed by atoms with Crippen molar-refractivity contribution in [2.24, 2.45) is 0 Å². The van der Waals surface area contributed by atoms with E-state index in [1.165, 1.54) is 6.07 Å². The van der Waals surface area contributed by atoms with Gasteiger partial charge in [0.05, 0.1) is 23.6 Å². The van der Waals surface area contributed by atoms with Gasteiger partial charge in [0.15, 0.2) is 0 Å². The largest absolute Gasteiger partial charge is 0.375 e. The minimum atomic E-state index is -0.296. The van der Waals surface area contributed by atoms with E-state index in [4.69, 9.17) is 0 Å². The number of hydrogen-bond donors (Lipinski definition) is 1. The molecule has 0 spiro atoms. The molecule has 1 aromatic heterocycles. The minimum absolute atomic E-state index is 0.0978. The van der Waals surface area contributed by atoms with Crippen LogP contribution in [0.1, 0.15) is 18.7 Å². The molecule has 0 amide bonds. The Morgan fingerprint density at radius 1 is 1.35 bits per heavy atom. The first-order valence-electron chi connectivity index (χ1n) is 5.14. The summed E-state index contributed by atoms with van der Waals surface area (Å²) in [5.74, 6) is -0.296. The Balaban J connectivity index is 2.16. The molecule has 0 saturated carbocycles. The molecule has 0 aliphatic carbocycles. The zero-order chi connectivity index (χ0) is 12.3. The Bertz CT molecular complexity index is 504. The van der Waals surface area contributed by atoms with Gasteiger partial charge in [-0.15, -0.1) is 0 Å². The zero-order valence-corrected chi connectivity index (χ0v) is 10.8. The van der Waals surface area contributed by atoms with Gasteiger partial charge in [0.1, 0.15) is 5.82 Å². The van der Waals surface area contributed by atoms with E-state index >= 15 is 0 Å². The van der Waals surface area contributed by atoms with Gasteiger partial charge in [-0.3, -0.25) is 9.97 Å². The fraction of sp³-hybridized carbons (Fsp3) is 0.167. The lowest BCUT2D eigenvalue weighted by atomic mass is 10.2. The maximum absolute atomic E-state index is 13.6. The number of rotatable bonds is 3. The van der Waals surface area contributed by atoms with Crippen LogP contribution in [0.3, 0.4) is 0 Å². The number of hydrogen-bond acceptors (Lipinski definition) is 3. The summed E-state index contributed by atoms with van der Waals surface area (Å²) in [4.78, 5) is 8.15. The number of anilines is 1. The van der Waals surface area contributed by atoms with E-state index in [0.29, 0.717) is 10.2 Å². The standard InChI is InChI=1S/C12H11BrFN3/c1-8(12-7-15-4-5-16-12)17-11-3-2-9(13)6-10(11)14/h2-8,17H,1H3. The van der Waals surface area contributed by atoms with Gasteiger partial charge in [-0.1, -0.05) is 15.9 Å². The first-order chi connectivity index (χ1) is 8.16. The van der Waals surface area contributed by atoms with Crippen LogP contribution in [-0.2, 0) is 0 Å². The third-order valence-electron chi connectivity index (χ3n) is 2.33. The molecule has 0 bridgehead atoms. The third kappa shape index (κ3) is 3.00. The van der Waals surface area contributed by atoms with Crippen molar-refractivity contribution < 1.29 is 4.39 Å². The Morgan fingerprint density at radius 2 is 2.18 bits per heavy atom. The molecule has 1 unspecified atom stereocenters. The fourth-order valence-electron chi connectivity index (χ4n) is 1.45. The number of benzene rings is 1. The summed E-state index contributed by atoms with van der Waals surface area (Å²) in [5, 5.41) is 3.06. The highest BCUT2D eigenvalue weighted by atomic mass is 79.9. The molecule has 1 N–H and O–H groups in total. The summed E-state index contributed by atoms with van der Waals surface area (Å²) < 4.78 is 14.3. The quantitative estimate of drug-likeness (QED) is 0.941. The molecular weight excluding hydrogens is 285 g/mol. The third-order valence-corrected chi connectivity index (χ3v) is 2.82. The molecule has 0 radical (unpaired) electrons. The van der Waals surface area contributed by atoms with Crippen LogP contribution in [0.25, 0.3) is 0 Å². The van der Waals surface area contributed by atoms with Gasteiger partial charge in [0, 0.05) is 16.9 Å². The normalized spacial score (nSPS) is 12.2. The van der Waals surface area contributed by atoms with Crippen molar-refractivity contribution in [3.05, 3.63) is 52.8 Å². The number of nitrogens with zero attached hydrogens (tertiary/aromatic N) is 2. The molecule has 0 saturated heterocycles. The highest BCUT2D eigenvalue weighted by Gasteiger charge is 2.09. The number of halogens is 2. The van der Waals surface area contributed by atoms with Crippen molar-refractivity contribution in [3.63, 3.8) is 0 Å². The van der Waals surface area contributed by atoms with Crippen LogP contribution in [0.15, 0.2) is 41.3 Å². The summed E-state index contributed by atoms with van der Waals surface area (Å²) >= 11 is 3.22. The summed E-state index contributed by atoms with van der Waals surface area (Å²) in [6.45, 7) is 1.91. The molecule has 1 aromatic carbocycles. The number of aromatic nitrogens is 2. The van der Waals surface area contributed by atoms with Crippen LogP contribution < -0.4 is 5.32 Å². The lowest BCUT2D eigenvalue weighted by Crippen LogP contribution is -2.09. The molecule has 0 aliphatic rings. The highest BCUT2D eigenvalue weighted by Crippen LogP contribution is 2.23. The van der Waals surface area contributed by atoms with E-state index < -0.39 is 0 Å². The number of nitrogens with one attached hydrogen (secondary N) is 1. The van der Waals surface area contributed by atoms with Crippen LogP contribution >= 0.6 is 15.9 Å². The molecule has 5 heteroatoms. The minimum Gasteiger partial charge on any atom is -0.375 e. The van der Waals surface area contributed by atoms with Crippen molar-refractivity contribution >= 4 is 21.6 Å². The predicted octanol–water partition coefficient (Wildman–Crippen LogP) is 3.55. The molecule has 88 valence electrons. The maximum atomic E-state index is 13.6. The molecule has 0 fully saturated rings. The van der Waals surface area contributed by atoms with Crippen LogP contribution in [0.2, 0.25) is 0 Å². The average molecular weight is 296 g/mol. The average Bonchev–Trinajstić information content (AvgIpc) is 2.34. The summed E-state index contributed by atoms with van der Waals surface area (Å²) in [5.41, 5.74) is 1.22. The van der Waals surface area contributed by atoms with Crippen molar-refractivity contribution in [1.82, 2.24) is 9.97 Å². The van der Waals surface area contributed by atoms with Crippen molar-refractivity contribution in [1.29, 1.82) is 0 Å². The maximum Gasteiger partial charge on any atom is 0.147 e. The second kappa shape index (κ2) is 5.23. The van der Waals surface area contributed by atoms with Gasteiger partial charge in [-0.25, -0.2) is 4.39 Å². The molecule has 2 aromatic rings. The highest BCUT2D eigenvalue weighted by molar-refractivity contribution is 9.10. The van der Waals surface area contributed by atoms with E-state index in [-0.39, 0.29) is 11.9 Å². The molecule has 1 atom stereocenters. The van der Waals surface area contributed by atoms with E-state index in [0.717, 1.165) is 5.69 Å². The topological polar surface area (TPSA) is 37.8 Å². The molecular formula is C12H11BrFN3. The second-order valence-electron chi connectivity index (χ2n) is 3.62. The zero-order valence-electron chi connectivity index (χ0n) is 9.19. The Kier molecular flexibility index (Phi) is 3.68. The van der Waals surface area contributed by atoms with Gasteiger partial charge in [-0.05, 0) is 25.1 Å². The van der Waals surface area contributed by atoms with Crippen molar-refractivity contribution in [2.45, 2.75) is 13.0 Å². The molecule has 0 aliphatic heterocycles. The SMILES string of the molecule is CC(Nc1ccc(Br)cc1F)c1cnccn1. The summed E-state index contributed by atoms with van der Waals surface area (Å²) in [6, 6.07) is 4.80. The van der Waals surface area contributed by atoms with E-state index in [1.54, 1.807) is 30.7 Å². The van der Waals surface area contributed by atoms with E-state index in [2.05, 4.69) is 31.2 Å². The van der Waals surface area contributed by atoms with Crippen LogP contribution in [-0.4, -0.2) is 9.97 Å². The van der Waals surface area contributed by atoms with Crippen molar-refractivity contribution in [2.75, 3.05) is 5.32 Å². The lowest BCUT2D eigenvalue weighted by molar-refractivity contribution is 0.626. The Hall–Kier alpha value is -1.49. The molecule has 17 heavy (non-hydrogen) atoms. The van der Waals surface area contributed by atoms with Crippen molar-refractivity contribution in [3.8, 4) is 0 Å². The predicted molar refractivity (Wildman–Crippen MR) is 68.2 cm³/mol. The van der Waals surface area contributed by atoms with Gasteiger partial charge >= 0.3 is 0 Å². The fourth-order valence-corrected chi connectivity index (χ4v) is 1.78. The first-order valence-corrected chi connectivity index (χ1v) is 5.93. The monoisotopic (exact) mass is 295 g/mol. The molecule has 3 nitrogen and oxygen atoms in total. The smallest absolute Gasteiger partial charge is 0.147 e. The van der Waals surface area contributed by atoms with Gasteiger partial charge in [0.2, 0.25) is 0 Å². The Morgan fingerprint density at radius 3 is 2.82 bits per heavy atom. The second-order valence-corrected chi connectivity index (χ2v) is 4.54. The van der Waals surface area contributed by atoms with Gasteiger partial charge in [0.25, 0.3) is 0 Å². The lowest BCUT2D eigenvalue weighted by Gasteiger charge is -2.14.